The van der Waals surface area contributed by atoms with Crippen molar-refractivity contribution in [3.05, 3.63) is 29.3 Å². The summed E-state index contributed by atoms with van der Waals surface area (Å²) in [6.45, 7) is 1.39. The Labute approximate surface area is 107 Å². The van der Waals surface area contributed by atoms with Crippen LogP contribution in [0.1, 0.15) is 24.0 Å². The Morgan fingerprint density at radius 1 is 1.11 bits per heavy atom. The van der Waals surface area contributed by atoms with Crippen LogP contribution in [0.4, 0.5) is 5.69 Å². The Hall–Kier alpha value is -1.07. The van der Waals surface area contributed by atoms with Crippen molar-refractivity contribution in [1.29, 1.82) is 0 Å². The summed E-state index contributed by atoms with van der Waals surface area (Å²) >= 11 is 0. The van der Waals surface area contributed by atoms with E-state index in [4.69, 9.17) is 4.74 Å². The van der Waals surface area contributed by atoms with Crippen molar-refractivity contribution in [2.24, 2.45) is 0 Å². The lowest BCUT2D eigenvalue weighted by atomic mass is 10.1. The van der Waals surface area contributed by atoms with E-state index in [1.54, 1.807) is 0 Å². The van der Waals surface area contributed by atoms with Gasteiger partial charge in [0.05, 0.1) is 24.7 Å². The predicted octanol–water partition coefficient (Wildman–Crippen LogP) is 1.71. The summed E-state index contributed by atoms with van der Waals surface area (Å²) in [5.74, 6) is 0.609. The van der Waals surface area contributed by atoms with Gasteiger partial charge < -0.3 is 10.1 Å². The normalized spacial score (nSPS) is 22.7. The second-order valence-corrected chi connectivity index (χ2v) is 7.35. The average Bonchev–Trinajstić information content (AvgIpc) is 2.79. The second-order valence-electron chi connectivity index (χ2n) is 5.05. The minimum absolute atomic E-state index is 0.272. The number of rotatable bonds is 2. The van der Waals surface area contributed by atoms with Crippen molar-refractivity contribution in [3.8, 4) is 0 Å². The van der Waals surface area contributed by atoms with E-state index in [-0.39, 0.29) is 6.04 Å². The fraction of sp³-hybridized carbons (Fsp3) is 0.538. The fourth-order valence-electron chi connectivity index (χ4n) is 2.53. The lowest BCUT2D eigenvalue weighted by Crippen LogP contribution is -2.32. The Bertz CT molecular complexity index is 539. The van der Waals surface area contributed by atoms with E-state index in [0.29, 0.717) is 37.6 Å². The Morgan fingerprint density at radius 2 is 1.83 bits per heavy atom. The number of anilines is 1. The van der Waals surface area contributed by atoms with Gasteiger partial charge >= 0.3 is 0 Å². The van der Waals surface area contributed by atoms with Gasteiger partial charge in [-0.2, -0.15) is 0 Å². The number of fused-ring (bicyclic) bond motifs is 1. The first-order valence-corrected chi connectivity index (χ1v) is 8.11. The van der Waals surface area contributed by atoms with E-state index in [1.807, 2.05) is 0 Å². The zero-order chi connectivity index (χ0) is 12.6. The molecule has 0 saturated carbocycles. The maximum Gasteiger partial charge on any atom is 0.150 e. The van der Waals surface area contributed by atoms with Crippen LogP contribution in [0.5, 0.6) is 0 Å². The van der Waals surface area contributed by atoms with E-state index in [1.165, 1.54) is 11.1 Å². The van der Waals surface area contributed by atoms with Gasteiger partial charge in [0.1, 0.15) is 9.84 Å². The van der Waals surface area contributed by atoms with Crippen LogP contribution in [0.2, 0.25) is 0 Å². The van der Waals surface area contributed by atoms with E-state index >= 15 is 0 Å². The third-order valence-electron chi connectivity index (χ3n) is 3.65. The molecule has 2 aliphatic heterocycles. The molecule has 1 N–H and O–H groups in total. The van der Waals surface area contributed by atoms with Crippen molar-refractivity contribution in [1.82, 2.24) is 0 Å². The lowest BCUT2D eigenvalue weighted by molar-refractivity contribution is 0.134. The molecular weight excluding hydrogens is 250 g/mol. The second kappa shape index (κ2) is 4.55. The summed E-state index contributed by atoms with van der Waals surface area (Å²) in [7, 11) is -2.78. The van der Waals surface area contributed by atoms with Gasteiger partial charge in [-0.15, -0.1) is 0 Å². The zero-order valence-electron chi connectivity index (χ0n) is 10.2. The van der Waals surface area contributed by atoms with E-state index < -0.39 is 9.84 Å². The molecule has 0 unspecified atom stereocenters. The van der Waals surface area contributed by atoms with Gasteiger partial charge in [0.25, 0.3) is 0 Å². The molecule has 4 nitrogen and oxygen atoms in total. The predicted molar refractivity (Wildman–Crippen MR) is 70.2 cm³/mol. The molecule has 1 fully saturated rings. The first-order valence-electron chi connectivity index (χ1n) is 6.29. The van der Waals surface area contributed by atoms with Crippen LogP contribution in [-0.4, -0.2) is 26.0 Å². The number of sulfone groups is 1. The Kier molecular flexibility index (Phi) is 3.03. The summed E-state index contributed by atoms with van der Waals surface area (Å²) in [5, 5.41) is 3.43. The van der Waals surface area contributed by atoms with Crippen molar-refractivity contribution in [3.63, 3.8) is 0 Å². The molecule has 0 aliphatic carbocycles. The molecule has 5 heteroatoms. The minimum Gasteiger partial charge on any atom is -0.382 e. The summed E-state index contributed by atoms with van der Waals surface area (Å²) in [5.41, 5.74) is 3.57. The van der Waals surface area contributed by atoms with Gasteiger partial charge in [0, 0.05) is 11.7 Å². The molecular formula is C13H17NO3S. The number of benzene rings is 1. The SMILES string of the molecule is O=S1(=O)CCC(Nc2ccc3c(c2)COC3)CC1. The van der Waals surface area contributed by atoms with Gasteiger partial charge in [0.2, 0.25) is 0 Å². The minimum atomic E-state index is -2.78. The Balaban J connectivity index is 1.67. The molecule has 18 heavy (non-hydrogen) atoms. The summed E-state index contributed by atoms with van der Waals surface area (Å²) in [6.07, 6.45) is 1.41. The molecule has 0 atom stereocenters. The maximum atomic E-state index is 11.4. The molecule has 1 saturated heterocycles. The van der Waals surface area contributed by atoms with Crippen molar-refractivity contribution in [2.45, 2.75) is 32.1 Å². The largest absolute Gasteiger partial charge is 0.382 e. The smallest absolute Gasteiger partial charge is 0.150 e. The number of nitrogens with one attached hydrogen (secondary N) is 1. The zero-order valence-corrected chi connectivity index (χ0v) is 11.0. The molecule has 1 aromatic rings. The summed E-state index contributed by atoms with van der Waals surface area (Å²) < 4.78 is 28.1. The Morgan fingerprint density at radius 3 is 2.61 bits per heavy atom. The van der Waals surface area contributed by atoms with Gasteiger partial charge in [-0.3, -0.25) is 0 Å². The topological polar surface area (TPSA) is 55.4 Å². The first kappa shape index (κ1) is 12.0. The molecule has 0 radical (unpaired) electrons. The quantitative estimate of drug-likeness (QED) is 0.886. The van der Waals surface area contributed by atoms with Crippen LogP contribution in [0.25, 0.3) is 0 Å². The highest BCUT2D eigenvalue weighted by Gasteiger charge is 2.23. The standard InChI is InChI=1S/C13H17NO3S/c15-18(16)5-3-12(4-6-18)14-13-2-1-10-8-17-9-11(10)7-13/h1-2,7,12,14H,3-6,8-9H2. The summed E-state index contributed by atoms with van der Waals surface area (Å²) in [6, 6.07) is 6.53. The molecule has 2 heterocycles. The molecule has 0 bridgehead atoms. The highest BCUT2D eigenvalue weighted by molar-refractivity contribution is 7.91. The molecule has 0 amide bonds. The van der Waals surface area contributed by atoms with Crippen LogP contribution in [0.3, 0.4) is 0 Å². The van der Waals surface area contributed by atoms with Crippen LogP contribution in [0, 0.1) is 0 Å². The molecule has 0 spiro atoms. The third kappa shape index (κ3) is 2.52. The average molecular weight is 267 g/mol. The van der Waals surface area contributed by atoms with Crippen LogP contribution in [-0.2, 0) is 27.8 Å². The molecule has 98 valence electrons. The summed E-state index contributed by atoms with van der Waals surface area (Å²) in [4.78, 5) is 0. The van der Waals surface area contributed by atoms with Crippen LogP contribution >= 0.6 is 0 Å². The highest BCUT2D eigenvalue weighted by atomic mass is 32.2. The van der Waals surface area contributed by atoms with Crippen LogP contribution in [0.15, 0.2) is 18.2 Å². The van der Waals surface area contributed by atoms with Crippen molar-refractivity contribution in [2.75, 3.05) is 16.8 Å². The number of hydrogen-bond acceptors (Lipinski definition) is 4. The molecule has 0 aromatic heterocycles. The van der Waals surface area contributed by atoms with Gasteiger partial charge in [-0.05, 0) is 36.1 Å². The lowest BCUT2D eigenvalue weighted by Gasteiger charge is -2.24. The van der Waals surface area contributed by atoms with Gasteiger partial charge in [-0.25, -0.2) is 8.42 Å². The highest BCUT2D eigenvalue weighted by Crippen LogP contribution is 2.25. The molecule has 3 rings (SSSR count). The van der Waals surface area contributed by atoms with E-state index in [0.717, 1.165) is 5.69 Å². The van der Waals surface area contributed by atoms with Crippen molar-refractivity contribution < 1.29 is 13.2 Å². The first-order chi connectivity index (χ1) is 8.62. The fourth-order valence-corrected chi connectivity index (χ4v) is 4.02. The van der Waals surface area contributed by atoms with Gasteiger partial charge in [-0.1, -0.05) is 6.07 Å². The van der Waals surface area contributed by atoms with E-state index in [2.05, 4.69) is 23.5 Å². The van der Waals surface area contributed by atoms with E-state index in [9.17, 15) is 8.42 Å². The van der Waals surface area contributed by atoms with Crippen LogP contribution < -0.4 is 5.32 Å². The maximum absolute atomic E-state index is 11.4. The molecule has 2 aliphatic rings. The van der Waals surface area contributed by atoms with Crippen molar-refractivity contribution >= 4 is 15.5 Å². The molecule has 1 aromatic carbocycles. The number of ether oxygens (including phenoxy) is 1. The monoisotopic (exact) mass is 267 g/mol. The number of hydrogen-bond donors (Lipinski definition) is 1. The van der Waals surface area contributed by atoms with Gasteiger partial charge in [0.15, 0.2) is 0 Å². The third-order valence-corrected chi connectivity index (χ3v) is 5.36.